The minimum atomic E-state index is -0.0160. The van der Waals surface area contributed by atoms with Crippen LogP contribution in [0.25, 0.3) is 10.1 Å². The first-order valence-electron chi connectivity index (χ1n) is 7.36. The lowest BCUT2D eigenvalue weighted by Gasteiger charge is -2.16. The van der Waals surface area contributed by atoms with Crippen molar-refractivity contribution in [3.05, 3.63) is 35.2 Å². The van der Waals surface area contributed by atoms with Crippen LogP contribution in [0.1, 0.15) is 42.5 Å². The Balaban J connectivity index is 1.82. The maximum atomic E-state index is 12.8. The predicted molar refractivity (Wildman–Crippen MR) is 86.9 cm³/mol. The number of ketones is 1. The van der Waals surface area contributed by atoms with Crippen LogP contribution in [0.2, 0.25) is 0 Å². The first-order chi connectivity index (χ1) is 9.79. The number of alkyl halides is 1. The summed E-state index contributed by atoms with van der Waals surface area (Å²) < 4.78 is 1.19. The molecule has 1 aromatic carbocycles. The quantitative estimate of drug-likeness (QED) is 0.525. The van der Waals surface area contributed by atoms with E-state index in [2.05, 4.69) is 6.07 Å². The van der Waals surface area contributed by atoms with Gasteiger partial charge in [-0.15, -0.1) is 22.9 Å². The molecule has 20 heavy (non-hydrogen) atoms. The average Bonchev–Trinajstić information content (AvgIpc) is 3.13. The van der Waals surface area contributed by atoms with Crippen molar-refractivity contribution < 1.29 is 4.79 Å². The molecule has 1 heterocycles. The van der Waals surface area contributed by atoms with Gasteiger partial charge in [-0.2, -0.15) is 0 Å². The molecule has 1 nitrogen and oxygen atoms in total. The van der Waals surface area contributed by atoms with Crippen LogP contribution >= 0.6 is 22.9 Å². The summed E-state index contributed by atoms with van der Waals surface area (Å²) in [4.78, 5) is 12.8. The molecule has 1 aliphatic carbocycles. The number of fused-ring (bicyclic) bond motifs is 1. The van der Waals surface area contributed by atoms with Crippen molar-refractivity contribution in [2.24, 2.45) is 11.8 Å². The van der Waals surface area contributed by atoms with E-state index in [0.717, 1.165) is 17.4 Å². The topological polar surface area (TPSA) is 17.1 Å². The fraction of sp³-hybridized carbons (Fsp3) is 0.471. The Morgan fingerprint density at radius 3 is 2.80 bits per heavy atom. The zero-order valence-electron chi connectivity index (χ0n) is 11.5. The maximum absolute atomic E-state index is 12.8. The van der Waals surface area contributed by atoms with Crippen LogP contribution in [0.15, 0.2) is 29.6 Å². The molecular formula is C17H19ClOS. The fourth-order valence-electron chi connectivity index (χ4n) is 3.28. The number of carbonyl (C=O) groups excluding carboxylic acids is 1. The van der Waals surface area contributed by atoms with Crippen LogP contribution in [0.5, 0.6) is 0 Å². The van der Waals surface area contributed by atoms with E-state index >= 15 is 0 Å². The van der Waals surface area contributed by atoms with Crippen LogP contribution in [0, 0.1) is 11.8 Å². The Labute approximate surface area is 128 Å². The van der Waals surface area contributed by atoms with E-state index in [9.17, 15) is 4.79 Å². The highest BCUT2D eigenvalue weighted by Crippen LogP contribution is 2.34. The Bertz CT molecular complexity index is 598. The summed E-state index contributed by atoms with van der Waals surface area (Å²) in [6, 6.07) is 8.13. The molecule has 0 amide bonds. The number of hydrogen-bond acceptors (Lipinski definition) is 2. The molecule has 0 saturated heterocycles. The normalized spacial score (nSPS) is 17.6. The highest BCUT2D eigenvalue weighted by atomic mass is 35.5. The highest BCUT2D eigenvalue weighted by molar-refractivity contribution is 7.17. The molecule has 1 saturated carbocycles. The number of Topliss-reactive ketones (excluding diaryl/α,β-unsaturated/α-hetero) is 1. The summed E-state index contributed by atoms with van der Waals surface area (Å²) in [6.45, 7) is 0. The molecule has 106 valence electrons. The van der Waals surface area contributed by atoms with Gasteiger partial charge in [-0.05, 0) is 18.4 Å². The third kappa shape index (κ3) is 2.77. The number of halogens is 1. The van der Waals surface area contributed by atoms with E-state index in [0.29, 0.717) is 11.8 Å². The van der Waals surface area contributed by atoms with Gasteiger partial charge in [-0.1, -0.05) is 43.9 Å². The van der Waals surface area contributed by atoms with Gasteiger partial charge in [0.1, 0.15) is 0 Å². The zero-order valence-corrected chi connectivity index (χ0v) is 13.1. The lowest BCUT2D eigenvalue weighted by Crippen LogP contribution is -2.19. The van der Waals surface area contributed by atoms with Crippen molar-refractivity contribution in [3.63, 3.8) is 0 Å². The molecule has 3 rings (SSSR count). The SMILES string of the molecule is O=C(c1csc2ccccc12)C(CCl)CC1CCCC1. The van der Waals surface area contributed by atoms with Gasteiger partial charge in [0, 0.05) is 32.8 Å². The van der Waals surface area contributed by atoms with Gasteiger partial charge < -0.3 is 0 Å². The lowest BCUT2D eigenvalue weighted by molar-refractivity contribution is 0.0917. The standard InChI is InChI=1S/C17H19ClOS/c18-10-13(9-12-5-1-2-6-12)17(19)15-11-20-16-8-4-3-7-14(15)16/h3-4,7-8,11-13H,1-2,5-6,9-10H2. The molecule has 1 aromatic heterocycles. The van der Waals surface area contributed by atoms with Gasteiger partial charge in [0.2, 0.25) is 0 Å². The predicted octanol–water partition coefficient (Wildman–Crippen LogP) is 5.52. The van der Waals surface area contributed by atoms with Gasteiger partial charge in [0.15, 0.2) is 5.78 Å². The number of carbonyl (C=O) groups is 1. The van der Waals surface area contributed by atoms with Gasteiger partial charge in [0.05, 0.1) is 0 Å². The monoisotopic (exact) mass is 306 g/mol. The van der Waals surface area contributed by atoms with Crippen LogP contribution in [-0.2, 0) is 0 Å². The number of rotatable bonds is 5. The lowest BCUT2D eigenvalue weighted by atomic mass is 9.88. The molecule has 0 N–H and O–H groups in total. The minimum Gasteiger partial charge on any atom is -0.294 e. The van der Waals surface area contributed by atoms with Gasteiger partial charge in [-0.25, -0.2) is 0 Å². The largest absolute Gasteiger partial charge is 0.294 e. The summed E-state index contributed by atoms with van der Waals surface area (Å²) in [5, 5.41) is 3.09. The van der Waals surface area contributed by atoms with E-state index in [1.807, 2.05) is 23.6 Å². The Morgan fingerprint density at radius 1 is 1.30 bits per heavy atom. The second-order valence-electron chi connectivity index (χ2n) is 5.75. The summed E-state index contributed by atoms with van der Waals surface area (Å²) in [6.07, 6.45) is 6.13. The second-order valence-corrected chi connectivity index (χ2v) is 6.97. The minimum absolute atomic E-state index is 0.0160. The van der Waals surface area contributed by atoms with Crippen molar-refractivity contribution in [2.75, 3.05) is 5.88 Å². The molecule has 0 bridgehead atoms. The van der Waals surface area contributed by atoms with Crippen molar-refractivity contribution in [1.29, 1.82) is 0 Å². The smallest absolute Gasteiger partial charge is 0.168 e. The van der Waals surface area contributed by atoms with Crippen LogP contribution in [0.3, 0.4) is 0 Å². The van der Waals surface area contributed by atoms with E-state index in [-0.39, 0.29) is 11.7 Å². The van der Waals surface area contributed by atoms with Crippen molar-refractivity contribution in [2.45, 2.75) is 32.1 Å². The molecule has 1 atom stereocenters. The van der Waals surface area contributed by atoms with E-state index < -0.39 is 0 Å². The van der Waals surface area contributed by atoms with Crippen molar-refractivity contribution in [3.8, 4) is 0 Å². The third-order valence-corrected chi connectivity index (χ3v) is 5.73. The maximum Gasteiger partial charge on any atom is 0.168 e. The Kier molecular flexibility index (Phi) is 4.42. The molecule has 3 heteroatoms. The molecule has 1 aliphatic rings. The molecule has 2 aromatic rings. The number of benzene rings is 1. The van der Waals surface area contributed by atoms with Crippen LogP contribution in [-0.4, -0.2) is 11.7 Å². The van der Waals surface area contributed by atoms with E-state index in [1.54, 1.807) is 11.3 Å². The first kappa shape index (κ1) is 14.1. The summed E-state index contributed by atoms with van der Waals surface area (Å²) in [5.74, 6) is 1.37. The molecule has 1 fully saturated rings. The Morgan fingerprint density at radius 2 is 2.05 bits per heavy atom. The highest BCUT2D eigenvalue weighted by Gasteiger charge is 2.26. The van der Waals surface area contributed by atoms with Crippen LogP contribution < -0.4 is 0 Å². The molecule has 0 radical (unpaired) electrons. The molecule has 0 aliphatic heterocycles. The molecular weight excluding hydrogens is 288 g/mol. The number of thiophene rings is 1. The average molecular weight is 307 g/mol. The van der Waals surface area contributed by atoms with Crippen LogP contribution in [0.4, 0.5) is 0 Å². The third-order valence-electron chi connectivity index (χ3n) is 4.40. The van der Waals surface area contributed by atoms with Crippen molar-refractivity contribution >= 4 is 38.8 Å². The van der Waals surface area contributed by atoms with Gasteiger partial charge >= 0.3 is 0 Å². The van der Waals surface area contributed by atoms with Gasteiger partial charge in [0.25, 0.3) is 0 Å². The summed E-state index contributed by atoms with van der Waals surface area (Å²) >= 11 is 7.74. The van der Waals surface area contributed by atoms with E-state index in [1.165, 1.54) is 30.4 Å². The first-order valence-corrected chi connectivity index (χ1v) is 8.77. The second kappa shape index (κ2) is 6.28. The summed E-state index contributed by atoms with van der Waals surface area (Å²) in [5.41, 5.74) is 0.870. The molecule has 1 unspecified atom stereocenters. The Hall–Kier alpha value is -0.860. The number of hydrogen-bond donors (Lipinski definition) is 0. The van der Waals surface area contributed by atoms with Gasteiger partial charge in [-0.3, -0.25) is 4.79 Å². The summed E-state index contributed by atoms with van der Waals surface area (Å²) in [7, 11) is 0. The molecule has 0 spiro atoms. The zero-order chi connectivity index (χ0) is 13.9. The van der Waals surface area contributed by atoms with Crippen molar-refractivity contribution in [1.82, 2.24) is 0 Å². The fourth-order valence-corrected chi connectivity index (χ4v) is 4.49. The van der Waals surface area contributed by atoms with E-state index in [4.69, 9.17) is 11.6 Å².